The van der Waals surface area contributed by atoms with Gasteiger partial charge in [0.1, 0.15) is 5.82 Å². The van der Waals surface area contributed by atoms with Crippen LogP contribution in [-0.4, -0.2) is 38.8 Å². The van der Waals surface area contributed by atoms with Gasteiger partial charge in [-0.1, -0.05) is 18.2 Å². The van der Waals surface area contributed by atoms with E-state index in [2.05, 4.69) is 45.6 Å². The van der Waals surface area contributed by atoms with E-state index in [-0.39, 0.29) is 0 Å². The molecule has 118 valence electrons. The average Bonchev–Trinajstić information content (AvgIpc) is 3.13. The van der Waals surface area contributed by atoms with Gasteiger partial charge in [0.15, 0.2) is 0 Å². The van der Waals surface area contributed by atoms with E-state index < -0.39 is 0 Å². The van der Waals surface area contributed by atoms with Gasteiger partial charge in [-0.15, -0.1) is 0 Å². The number of aromatic nitrogens is 2. The van der Waals surface area contributed by atoms with Crippen molar-refractivity contribution >= 4 is 0 Å². The molecule has 1 atom stereocenters. The summed E-state index contributed by atoms with van der Waals surface area (Å²) in [5, 5.41) is 9.07. The summed E-state index contributed by atoms with van der Waals surface area (Å²) in [6.45, 7) is 4.44. The normalized spacial score (nSPS) is 18.9. The van der Waals surface area contributed by atoms with Gasteiger partial charge in [-0.25, -0.2) is 4.98 Å². The van der Waals surface area contributed by atoms with Gasteiger partial charge in [0.05, 0.1) is 11.9 Å². The Labute approximate surface area is 132 Å². The first-order valence-electron chi connectivity index (χ1n) is 8.23. The summed E-state index contributed by atoms with van der Waals surface area (Å²) >= 11 is 0. The average molecular weight is 299 g/mol. The molecule has 4 heteroatoms. The molecule has 4 nitrogen and oxygen atoms in total. The van der Waals surface area contributed by atoms with E-state index >= 15 is 0 Å². The van der Waals surface area contributed by atoms with Crippen molar-refractivity contribution in [2.45, 2.75) is 45.2 Å². The number of hydrogen-bond donors (Lipinski definition) is 1. The first-order valence-corrected chi connectivity index (χ1v) is 8.23. The van der Waals surface area contributed by atoms with Gasteiger partial charge < -0.3 is 5.11 Å². The van der Waals surface area contributed by atoms with E-state index in [0.29, 0.717) is 12.6 Å². The zero-order chi connectivity index (χ0) is 15.4. The third-order valence-electron chi connectivity index (χ3n) is 4.59. The minimum Gasteiger partial charge on any atom is -0.396 e. The fourth-order valence-electron chi connectivity index (χ4n) is 3.50. The minimum absolute atomic E-state index is 0.297. The van der Waals surface area contributed by atoms with Crippen molar-refractivity contribution in [3.63, 3.8) is 0 Å². The van der Waals surface area contributed by atoms with Crippen LogP contribution in [0.1, 0.15) is 37.2 Å². The SMILES string of the molecule is Cc1ncc(CN2CCCC2CCCO)n1-c1ccccc1. The van der Waals surface area contributed by atoms with Crippen molar-refractivity contribution in [3.8, 4) is 5.69 Å². The summed E-state index contributed by atoms with van der Waals surface area (Å²) in [6, 6.07) is 11.0. The zero-order valence-corrected chi connectivity index (χ0v) is 13.3. The standard InChI is InChI=1S/C18H25N3O/c1-15-19-13-18(21(15)17-7-3-2-4-8-17)14-20-11-5-9-16(20)10-6-12-22/h2-4,7-8,13,16,22H,5-6,9-12,14H2,1H3. The molecule has 2 heterocycles. The molecule has 2 aromatic rings. The molecule has 0 saturated carbocycles. The van der Waals surface area contributed by atoms with Crippen LogP contribution in [0.2, 0.25) is 0 Å². The van der Waals surface area contributed by atoms with Crippen molar-refractivity contribution in [1.82, 2.24) is 14.5 Å². The smallest absolute Gasteiger partial charge is 0.110 e. The number of rotatable bonds is 6. The Hall–Kier alpha value is -1.65. The number of aliphatic hydroxyl groups excluding tert-OH is 1. The summed E-state index contributed by atoms with van der Waals surface area (Å²) in [4.78, 5) is 7.07. The predicted molar refractivity (Wildman–Crippen MR) is 88.1 cm³/mol. The molecule has 1 aromatic heterocycles. The van der Waals surface area contributed by atoms with Crippen LogP contribution in [0.15, 0.2) is 36.5 Å². The number of likely N-dealkylation sites (tertiary alicyclic amines) is 1. The highest BCUT2D eigenvalue weighted by Gasteiger charge is 2.25. The fraction of sp³-hybridized carbons (Fsp3) is 0.500. The molecule has 0 amide bonds. The first kappa shape index (κ1) is 15.3. The highest BCUT2D eigenvalue weighted by Crippen LogP contribution is 2.25. The Balaban J connectivity index is 1.78. The number of aliphatic hydroxyl groups is 1. The van der Waals surface area contributed by atoms with Gasteiger partial charge in [0.2, 0.25) is 0 Å². The van der Waals surface area contributed by atoms with Gasteiger partial charge in [-0.05, 0) is 51.3 Å². The largest absolute Gasteiger partial charge is 0.396 e. The molecule has 1 aliphatic rings. The predicted octanol–water partition coefficient (Wildman–Crippen LogP) is 2.92. The summed E-state index contributed by atoms with van der Waals surface area (Å²) in [5.41, 5.74) is 2.43. The van der Waals surface area contributed by atoms with Gasteiger partial charge in [-0.2, -0.15) is 0 Å². The molecule has 1 fully saturated rings. The first-order chi connectivity index (χ1) is 10.8. The molecular formula is C18H25N3O. The van der Waals surface area contributed by atoms with E-state index in [1.54, 1.807) is 0 Å². The zero-order valence-electron chi connectivity index (χ0n) is 13.3. The quantitative estimate of drug-likeness (QED) is 0.891. The van der Waals surface area contributed by atoms with Gasteiger partial charge in [0, 0.05) is 24.9 Å². The highest BCUT2D eigenvalue weighted by atomic mass is 16.2. The third-order valence-corrected chi connectivity index (χ3v) is 4.59. The van der Waals surface area contributed by atoms with Crippen LogP contribution >= 0.6 is 0 Å². The Morgan fingerprint density at radius 1 is 1.27 bits per heavy atom. The second-order valence-electron chi connectivity index (χ2n) is 6.10. The van der Waals surface area contributed by atoms with Crippen molar-refractivity contribution < 1.29 is 5.11 Å². The lowest BCUT2D eigenvalue weighted by atomic mass is 10.1. The van der Waals surface area contributed by atoms with E-state index in [4.69, 9.17) is 5.11 Å². The lowest BCUT2D eigenvalue weighted by Crippen LogP contribution is -2.30. The molecule has 1 unspecified atom stereocenters. The van der Waals surface area contributed by atoms with Crippen LogP contribution in [0.5, 0.6) is 0 Å². The minimum atomic E-state index is 0.297. The lowest BCUT2D eigenvalue weighted by Gasteiger charge is -2.25. The maximum Gasteiger partial charge on any atom is 0.110 e. The van der Waals surface area contributed by atoms with Crippen molar-refractivity contribution in [1.29, 1.82) is 0 Å². The Kier molecular flexibility index (Phi) is 4.90. The summed E-state index contributed by atoms with van der Waals surface area (Å²) in [5.74, 6) is 1.03. The van der Waals surface area contributed by atoms with Gasteiger partial charge in [0.25, 0.3) is 0 Å². The highest BCUT2D eigenvalue weighted by molar-refractivity contribution is 5.35. The number of aryl methyl sites for hydroxylation is 1. The number of para-hydroxylation sites is 1. The van der Waals surface area contributed by atoms with Crippen molar-refractivity contribution in [3.05, 3.63) is 48.0 Å². The third kappa shape index (κ3) is 3.23. The number of benzene rings is 1. The monoisotopic (exact) mass is 299 g/mol. The molecule has 1 saturated heterocycles. The summed E-state index contributed by atoms with van der Waals surface area (Å²) in [7, 11) is 0. The van der Waals surface area contributed by atoms with Gasteiger partial charge in [-0.3, -0.25) is 9.47 Å². The molecule has 22 heavy (non-hydrogen) atoms. The molecule has 3 rings (SSSR count). The van der Waals surface area contributed by atoms with Crippen molar-refractivity contribution in [2.75, 3.05) is 13.2 Å². The Morgan fingerprint density at radius 3 is 2.86 bits per heavy atom. The molecule has 0 spiro atoms. The van der Waals surface area contributed by atoms with E-state index in [1.165, 1.54) is 24.2 Å². The Morgan fingerprint density at radius 2 is 2.09 bits per heavy atom. The summed E-state index contributed by atoms with van der Waals surface area (Å²) in [6.07, 6.45) is 6.50. The Bertz CT molecular complexity index is 594. The topological polar surface area (TPSA) is 41.3 Å². The molecule has 1 aliphatic heterocycles. The number of hydrogen-bond acceptors (Lipinski definition) is 3. The second kappa shape index (κ2) is 7.07. The second-order valence-corrected chi connectivity index (χ2v) is 6.10. The number of nitrogens with zero attached hydrogens (tertiary/aromatic N) is 3. The maximum absolute atomic E-state index is 9.07. The van der Waals surface area contributed by atoms with Crippen LogP contribution in [0.25, 0.3) is 5.69 Å². The molecule has 0 radical (unpaired) electrons. The molecule has 0 bridgehead atoms. The molecule has 1 aromatic carbocycles. The lowest BCUT2D eigenvalue weighted by molar-refractivity contribution is 0.207. The van der Waals surface area contributed by atoms with Crippen LogP contribution in [-0.2, 0) is 6.54 Å². The van der Waals surface area contributed by atoms with Crippen LogP contribution < -0.4 is 0 Å². The van der Waals surface area contributed by atoms with Gasteiger partial charge >= 0.3 is 0 Å². The maximum atomic E-state index is 9.07. The van der Waals surface area contributed by atoms with Crippen molar-refractivity contribution in [2.24, 2.45) is 0 Å². The molecule has 0 aliphatic carbocycles. The van der Waals surface area contributed by atoms with E-state index in [9.17, 15) is 0 Å². The fourth-order valence-corrected chi connectivity index (χ4v) is 3.50. The van der Waals surface area contributed by atoms with Crippen LogP contribution in [0.3, 0.4) is 0 Å². The number of imidazole rings is 1. The molecule has 1 N–H and O–H groups in total. The van der Waals surface area contributed by atoms with Crippen LogP contribution in [0.4, 0.5) is 0 Å². The summed E-state index contributed by atoms with van der Waals surface area (Å²) < 4.78 is 2.25. The van der Waals surface area contributed by atoms with E-state index in [1.807, 2.05) is 12.3 Å². The van der Waals surface area contributed by atoms with E-state index in [0.717, 1.165) is 31.8 Å². The van der Waals surface area contributed by atoms with Crippen LogP contribution in [0, 0.1) is 6.92 Å². The molecular weight excluding hydrogens is 274 g/mol.